The van der Waals surface area contributed by atoms with Crippen molar-refractivity contribution in [2.45, 2.75) is 32.3 Å². The molecule has 0 bridgehead atoms. The number of carbonyl (C=O) groups is 1. The van der Waals surface area contributed by atoms with Crippen molar-refractivity contribution in [1.82, 2.24) is 0 Å². The molecular weight excluding hydrogens is 156 g/mol. The summed E-state index contributed by atoms with van der Waals surface area (Å²) in [5, 5.41) is 8.55. The van der Waals surface area contributed by atoms with Gasteiger partial charge in [-0.1, -0.05) is 6.08 Å². The predicted molar refractivity (Wildman–Crippen MR) is 45.0 cm³/mol. The molecule has 1 saturated heterocycles. The van der Waals surface area contributed by atoms with Gasteiger partial charge in [0.25, 0.3) is 0 Å². The van der Waals surface area contributed by atoms with Crippen molar-refractivity contribution in [3.8, 4) is 0 Å². The van der Waals surface area contributed by atoms with Gasteiger partial charge in [0.15, 0.2) is 0 Å². The highest BCUT2D eigenvalue weighted by atomic mass is 16.5. The summed E-state index contributed by atoms with van der Waals surface area (Å²) in [6, 6.07) is 0. The van der Waals surface area contributed by atoms with Crippen molar-refractivity contribution in [3.63, 3.8) is 0 Å². The van der Waals surface area contributed by atoms with E-state index in [9.17, 15) is 4.79 Å². The maximum absolute atomic E-state index is 10.4. The Morgan fingerprint density at radius 2 is 2.50 bits per heavy atom. The molecule has 1 rings (SSSR count). The van der Waals surface area contributed by atoms with E-state index >= 15 is 0 Å². The first-order valence-electron chi connectivity index (χ1n) is 4.22. The summed E-state index contributed by atoms with van der Waals surface area (Å²) in [4.78, 5) is 10.4. The van der Waals surface area contributed by atoms with E-state index in [-0.39, 0.29) is 6.10 Å². The first-order valence-corrected chi connectivity index (χ1v) is 4.22. The number of hydrogen-bond donors (Lipinski definition) is 1. The first-order chi connectivity index (χ1) is 5.70. The van der Waals surface area contributed by atoms with E-state index in [0.717, 1.165) is 25.9 Å². The minimum atomic E-state index is -0.840. The third-order valence-corrected chi connectivity index (χ3v) is 2.05. The molecule has 1 aliphatic rings. The van der Waals surface area contributed by atoms with Gasteiger partial charge in [0.05, 0.1) is 6.10 Å². The van der Waals surface area contributed by atoms with Crippen LogP contribution in [0.3, 0.4) is 0 Å². The SMILES string of the molecule is C/C(=C\CC1CCCO1)C(=O)O. The van der Waals surface area contributed by atoms with Gasteiger partial charge in [-0.15, -0.1) is 0 Å². The van der Waals surface area contributed by atoms with E-state index in [2.05, 4.69) is 0 Å². The Kier molecular flexibility index (Phi) is 3.29. The van der Waals surface area contributed by atoms with Gasteiger partial charge in [-0.25, -0.2) is 4.79 Å². The maximum atomic E-state index is 10.4. The number of ether oxygens (including phenoxy) is 1. The molecule has 0 radical (unpaired) electrons. The number of aliphatic carboxylic acids is 1. The fourth-order valence-electron chi connectivity index (χ4n) is 1.23. The summed E-state index contributed by atoms with van der Waals surface area (Å²) >= 11 is 0. The van der Waals surface area contributed by atoms with Crippen molar-refractivity contribution in [3.05, 3.63) is 11.6 Å². The Hall–Kier alpha value is -0.830. The molecule has 0 saturated carbocycles. The minimum absolute atomic E-state index is 0.249. The Labute approximate surface area is 72.0 Å². The predicted octanol–water partition coefficient (Wildman–Crippen LogP) is 1.59. The van der Waals surface area contributed by atoms with E-state index in [4.69, 9.17) is 9.84 Å². The Bertz CT molecular complexity index is 190. The van der Waals surface area contributed by atoms with Crippen LogP contribution in [0.5, 0.6) is 0 Å². The van der Waals surface area contributed by atoms with Crippen LogP contribution in [0.4, 0.5) is 0 Å². The second-order valence-electron chi connectivity index (χ2n) is 3.06. The summed E-state index contributed by atoms with van der Waals surface area (Å²) in [6.45, 7) is 2.43. The zero-order chi connectivity index (χ0) is 8.97. The molecule has 0 aromatic carbocycles. The molecule has 12 heavy (non-hydrogen) atoms. The molecule has 3 nitrogen and oxygen atoms in total. The normalized spacial score (nSPS) is 24.4. The van der Waals surface area contributed by atoms with Crippen LogP contribution >= 0.6 is 0 Å². The molecule has 1 fully saturated rings. The van der Waals surface area contributed by atoms with E-state index in [1.807, 2.05) is 0 Å². The molecule has 1 atom stereocenters. The quantitative estimate of drug-likeness (QED) is 0.654. The van der Waals surface area contributed by atoms with Crippen LogP contribution < -0.4 is 0 Å². The lowest BCUT2D eigenvalue weighted by molar-refractivity contribution is -0.132. The third-order valence-electron chi connectivity index (χ3n) is 2.05. The van der Waals surface area contributed by atoms with Crippen LogP contribution in [0.2, 0.25) is 0 Å². The molecule has 0 amide bonds. The highest BCUT2D eigenvalue weighted by Gasteiger charge is 2.14. The zero-order valence-electron chi connectivity index (χ0n) is 7.25. The van der Waals surface area contributed by atoms with Gasteiger partial charge in [0.2, 0.25) is 0 Å². The average molecular weight is 170 g/mol. The van der Waals surface area contributed by atoms with E-state index in [0.29, 0.717) is 5.57 Å². The molecule has 1 unspecified atom stereocenters. The van der Waals surface area contributed by atoms with Crippen LogP contribution in [0.25, 0.3) is 0 Å². The smallest absolute Gasteiger partial charge is 0.330 e. The lowest BCUT2D eigenvalue weighted by Crippen LogP contribution is -2.04. The second-order valence-corrected chi connectivity index (χ2v) is 3.06. The maximum Gasteiger partial charge on any atom is 0.330 e. The van der Waals surface area contributed by atoms with Gasteiger partial charge in [-0.3, -0.25) is 0 Å². The van der Waals surface area contributed by atoms with Gasteiger partial charge in [-0.05, 0) is 26.2 Å². The van der Waals surface area contributed by atoms with E-state index in [1.165, 1.54) is 0 Å². The summed E-state index contributed by atoms with van der Waals surface area (Å²) in [5.41, 5.74) is 0.408. The van der Waals surface area contributed by atoms with Crippen molar-refractivity contribution >= 4 is 5.97 Å². The molecule has 68 valence electrons. The summed E-state index contributed by atoms with van der Waals surface area (Å²) in [7, 11) is 0. The fraction of sp³-hybridized carbons (Fsp3) is 0.667. The molecule has 0 spiro atoms. The van der Waals surface area contributed by atoms with Crippen LogP contribution in [-0.2, 0) is 9.53 Å². The number of hydrogen-bond acceptors (Lipinski definition) is 2. The summed E-state index contributed by atoms with van der Waals surface area (Å²) in [6.07, 6.45) is 4.88. The fourth-order valence-corrected chi connectivity index (χ4v) is 1.23. The molecule has 0 aromatic rings. The molecule has 1 heterocycles. The average Bonchev–Trinajstić information content (AvgIpc) is 2.51. The zero-order valence-corrected chi connectivity index (χ0v) is 7.25. The minimum Gasteiger partial charge on any atom is -0.478 e. The largest absolute Gasteiger partial charge is 0.478 e. The Balaban J connectivity index is 2.31. The molecule has 0 aromatic heterocycles. The van der Waals surface area contributed by atoms with Crippen molar-refractivity contribution in [2.75, 3.05) is 6.61 Å². The first kappa shape index (κ1) is 9.26. The van der Waals surface area contributed by atoms with Gasteiger partial charge in [0, 0.05) is 12.2 Å². The third kappa shape index (κ3) is 2.66. The van der Waals surface area contributed by atoms with E-state index < -0.39 is 5.97 Å². The van der Waals surface area contributed by atoms with Gasteiger partial charge in [-0.2, -0.15) is 0 Å². The molecule has 1 N–H and O–H groups in total. The number of carboxylic acids is 1. The van der Waals surface area contributed by atoms with Gasteiger partial charge in [0.1, 0.15) is 0 Å². The van der Waals surface area contributed by atoms with Crippen LogP contribution in [0.1, 0.15) is 26.2 Å². The van der Waals surface area contributed by atoms with E-state index in [1.54, 1.807) is 13.0 Å². The topological polar surface area (TPSA) is 46.5 Å². The second kappa shape index (κ2) is 4.26. The van der Waals surface area contributed by atoms with Gasteiger partial charge < -0.3 is 9.84 Å². The van der Waals surface area contributed by atoms with Crippen molar-refractivity contribution in [1.29, 1.82) is 0 Å². The standard InChI is InChI=1S/C9H14O3/c1-7(9(10)11)4-5-8-3-2-6-12-8/h4,8H,2-3,5-6H2,1H3,(H,10,11)/b7-4+. The lowest BCUT2D eigenvalue weighted by Gasteiger charge is -2.04. The van der Waals surface area contributed by atoms with Crippen molar-refractivity contribution < 1.29 is 14.6 Å². The molecule has 1 aliphatic heterocycles. The monoisotopic (exact) mass is 170 g/mol. The molecule has 0 aliphatic carbocycles. The van der Waals surface area contributed by atoms with Crippen molar-refractivity contribution in [2.24, 2.45) is 0 Å². The summed E-state index contributed by atoms with van der Waals surface area (Å²) in [5.74, 6) is -0.840. The molecule has 3 heteroatoms. The number of rotatable bonds is 3. The van der Waals surface area contributed by atoms with Crippen LogP contribution in [-0.4, -0.2) is 23.8 Å². The number of carboxylic acid groups (broad SMARTS) is 1. The van der Waals surface area contributed by atoms with Crippen LogP contribution in [0, 0.1) is 0 Å². The Morgan fingerprint density at radius 3 is 3.00 bits per heavy atom. The highest BCUT2D eigenvalue weighted by Crippen LogP contribution is 2.16. The molecular formula is C9H14O3. The van der Waals surface area contributed by atoms with Gasteiger partial charge >= 0.3 is 5.97 Å². The lowest BCUT2D eigenvalue weighted by atomic mass is 10.1. The summed E-state index contributed by atoms with van der Waals surface area (Å²) < 4.78 is 5.35. The highest BCUT2D eigenvalue weighted by molar-refractivity contribution is 5.85. The Morgan fingerprint density at radius 1 is 1.75 bits per heavy atom. The van der Waals surface area contributed by atoms with Crippen LogP contribution in [0.15, 0.2) is 11.6 Å².